The molecule has 1 atom stereocenters. The van der Waals surface area contributed by atoms with Crippen LogP contribution < -0.4 is 52.5 Å². The summed E-state index contributed by atoms with van der Waals surface area (Å²) in [6, 6.07) is 18.3. The van der Waals surface area contributed by atoms with E-state index in [0.29, 0.717) is 45.9 Å². The average Bonchev–Trinajstić information content (AvgIpc) is 4.06. The largest absolute Gasteiger partial charge is 0.490 e. The van der Waals surface area contributed by atoms with Crippen molar-refractivity contribution in [1.29, 1.82) is 0 Å². The van der Waals surface area contributed by atoms with E-state index in [1.165, 1.54) is 0 Å². The van der Waals surface area contributed by atoms with Crippen LogP contribution in [0.15, 0.2) is 106 Å². The molecule has 0 bridgehead atoms. The third-order valence-electron chi connectivity index (χ3n) is 15.5. The number of anilines is 5. The first-order valence-electron chi connectivity index (χ1n) is 25.0. The van der Waals surface area contributed by atoms with Gasteiger partial charge in [-0.05, 0) is 130 Å². The summed E-state index contributed by atoms with van der Waals surface area (Å²) in [5.74, 6) is 0.226. The van der Waals surface area contributed by atoms with Crippen LogP contribution in [0.25, 0.3) is 22.0 Å². The van der Waals surface area contributed by atoms with Crippen LogP contribution >= 0.6 is 23.1 Å². The van der Waals surface area contributed by atoms with Crippen LogP contribution in [-0.4, -0.2) is 104 Å². The number of nitrogens with one attached hydrogen (secondary N) is 5. The van der Waals surface area contributed by atoms with E-state index in [9.17, 15) is 23.7 Å². The third-order valence-corrected chi connectivity index (χ3v) is 17.7. The van der Waals surface area contributed by atoms with Crippen LogP contribution in [0.4, 0.5) is 28.8 Å². The number of amides is 2. The number of imide groups is 1. The number of fused-ring (bicyclic) bond motifs is 2. The molecule has 1 aliphatic carbocycles. The van der Waals surface area contributed by atoms with Crippen LogP contribution in [0, 0.1) is 5.41 Å². The van der Waals surface area contributed by atoms with Crippen molar-refractivity contribution in [3.05, 3.63) is 134 Å². The second kappa shape index (κ2) is 18.4. The SMILES string of the molecule is Cn1cc(-c2c(Nc3ncc(Br)c(Nc4cnc5ccccc5c4P(C)(C)=O)n3)cc(OC3CC3)cc2C2(CC3N(c4cccc5c4C(=O)N(n4ccc(=O)[nH]c4=O)C5=O)CC34CCNCC4)CCNCC2)cn1. The number of ether oxygens (including phenoxy) is 1. The normalized spacial score (nSPS) is 19.2. The van der Waals surface area contributed by atoms with Gasteiger partial charge in [-0.3, -0.25) is 29.0 Å². The first-order valence-corrected chi connectivity index (χ1v) is 28.4. The molecule has 0 radical (unpaired) electrons. The fourth-order valence-electron chi connectivity index (χ4n) is 11.9. The number of aromatic amines is 1. The number of H-pyrrole nitrogens is 1. The number of halogens is 1. The highest BCUT2D eigenvalue weighted by Crippen LogP contribution is 2.56. The molecule has 8 heterocycles. The molecule has 1 saturated carbocycles. The first kappa shape index (κ1) is 48.0. The predicted octanol–water partition coefficient (Wildman–Crippen LogP) is 6.52. The number of para-hydroxylation sites is 1. The predicted molar refractivity (Wildman–Crippen MR) is 288 cm³/mol. The Bertz CT molecular complexity index is 3590. The van der Waals surface area contributed by atoms with Crippen molar-refractivity contribution in [2.24, 2.45) is 12.5 Å². The molecule has 380 valence electrons. The van der Waals surface area contributed by atoms with Crippen molar-refractivity contribution in [1.82, 2.24) is 45.0 Å². The van der Waals surface area contributed by atoms with Gasteiger partial charge in [0.15, 0.2) is 0 Å². The van der Waals surface area contributed by atoms with Gasteiger partial charge in [0.1, 0.15) is 18.7 Å². The lowest BCUT2D eigenvalue weighted by Crippen LogP contribution is -2.69. The summed E-state index contributed by atoms with van der Waals surface area (Å²) in [4.78, 5) is 72.7. The van der Waals surface area contributed by atoms with Gasteiger partial charge in [-0.1, -0.05) is 24.3 Å². The Labute approximate surface area is 434 Å². The maximum Gasteiger partial charge on any atom is 0.347 e. The summed E-state index contributed by atoms with van der Waals surface area (Å²) in [6.07, 6.45) is 14.6. The fraction of sp³-hybridized carbons (Fsp3) is 0.358. The van der Waals surface area contributed by atoms with Crippen LogP contribution in [0.1, 0.15) is 71.2 Å². The Morgan fingerprint density at radius 2 is 1.62 bits per heavy atom. The fourth-order valence-corrected chi connectivity index (χ4v) is 13.6. The van der Waals surface area contributed by atoms with E-state index in [4.69, 9.17) is 24.8 Å². The lowest BCUT2D eigenvalue weighted by Gasteiger charge is -2.63. The van der Waals surface area contributed by atoms with Crippen molar-refractivity contribution in [3.8, 4) is 16.9 Å². The molecule has 1 unspecified atom stereocenters. The molecule has 4 fully saturated rings. The van der Waals surface area contributed by atoms with Crippen LogP contribution in [-0.2, 0) is 17.0 Å². The number of aromatic nitrogens is 7. The number of carbonyl (C=O) groups is 2. The maximum atomic E-state index is 14.6. The second-order valence-electron chi connectivity index (χ2n) is 20.7. The Morgan fingerprint density at radius 3 is 2.35 bits per heavy atom. The van der Waals surface area contributed by atoms with Gasteiger partial charge in [0.25, 0.3) is 17.4 Å². The van der Waals surface area contributed by atoms with E-state index in [1.54, 1.807) is 42.5 Å². The van der Waals surface area contributed by atoms with Crippen molar-refractivity contribution < 1.29 is 18.9 Å². The molecule has 4 aliphatic heterocycles. The Hall–Kier alpha value is -6.99. The molecule has 5 N–H and O–H groups in total. The number of carbonyl (C=O) groups excluding carboxylic acids is 2. The van der Waals surface area contributed by atoms with Crippen LogP contribution in [0.3, 0.4) is 0 Å². The highest BCUT2D eigenvalue weighted by atomic mass is 79.9. The number of pyridine rings is 1. The molecular weight excluding hydrogens is 1030 g/mol. The van der Waals surface area contributed by atoms with E-state index in [0.717, 1.165) is 126 Å². The summed E-state index contributed by atoms with van der Waals surface area (Å²) in [5, 5.41) is 21.3. The zero-order chi connectivity index (χ0) is 51.1. The number of hydrogen-bond acceptors (Lipinski definition) is 15. The second-order valence-corrected chi connectivity index (χ2v) is 24.7. The van der Waals surface area contributed by atoms with E-state index < -0.39 is 35.6 Å². The number of hydrogen-bond donors (Lipinski definition) is 5. The zero-order valence-corrected chi connectivity index (χ0v) is 43.6. The Kier molecular flexibility index (Phi) is 12.0. The van der Waals surface area contributed by atoms with Gasteiger partial charge < -0.3 is 35.5 Å². The van der Waals surface area contributed by atoms with Crippen LogP contribution in [0.2, 0.25) is 0 Å². The minimum Gasteiger partial charge on any atom is -0.490 e. The van der Waals surface area contributed by atoms with Gasteiger partial charge in [0, 0.05) is 83.0 Å². The van der Waals surface area contributed by atoms with E-state index in [-0.39, 0.29) is 28.7 Å². The molecule has 7 aromatic rings. The minimum absolute atomic E-state index is 0.0624. The molecule has 74 heavy (non-hydrogen) atoms. The molecular formula is C53H55BrN13O6P. The van der Waals surface area contributed by atoms with Gasteiger partial charge >= 0.3 is 5.69 Å². The molecule has 3 saturated heterocycles. The van der Waals surface area contributed by atoms with Gasteiger partial charge in [-0.2, -0.15) is 19.8 Å². The van der Waals surface area contributed by atoms with Crippen molar-refractivity contribution in [2.45, 2.75) is 62.5 Å². The van der Waals surface area contributed by atoms with Gasteiger partial charge in [-0.25, -0.2) is 9.78 Å². The van der Waals surface area contributed by atoms with E-state index in [2.05, 4.69) is 53.1 Å². The summed E-state index contributed by atoms with van der Waals surface area (Å²) >= 11 is 3.68. The van der Waals surface area contributed by atoms with E-state index in [1.807, 2.05) is 55.8 Å². The molecule has 3 aromatic carbocycles. The molecule has 1 spiro atoms. The quantitative estimate of drug-likeness (QED) is 0.0613. The number of rotatable bonds is 13. The molecule has 5 aliphatic rings. The number of piperidine rings is 2. The lowest BCUT2D eigenvalue weighted by molar-refractivity contribution is 0.0543. The minimum atomic E-state index is -2.82. The average molecular weight is 1080 g/mol. The number of nitrogens with zero attached hydrogens (tertiary/aromatic N) is 8. The monoisotopic (exact) mass is 1080 g/mol. The van der Waals surface area contributed by atoms with Crippen molar-refractivity contribution >= 4 is 79.9 Å². The lowest BCUT2D eigenvalue weighted by atomic mass is 9.57. The third kappa shape index (κ3) is 8.50. The molecule has 21 heteroatoms. The molecule has 19 nitrogen and oxygen atoms in total. The zero-order valence-electron chi connectivity index (χ0n) is 41.2. The topological polar surface area (TPSA) is 226 Å². The highest BCUT2D eigenvalue weighted by molar-refractivity contribution is 9.10. The van der Waals surface area contributed by atoms with Crippen molar-refractivity contribution in [2.75, 3.05) is 66.6 Å². The molecule has 4 aromatic heterocycles. The molecule has 12 rings (SSSR count). The Balaban J connectivity index is 0.970. The standard InChI is InChI=1S/C53H55BrN13O6P/c1-64-29-31(26-59-64)44-36(23-33(73-32-11-12-32)24-39(44)61-50-58-27-37(54)47(63-50)60-40-28-57-38-9-5-4-7-34(38)46(40)74(2,3)72)52(14-18-55-19-15-52)25-42-53(16-20-56-21-17-53)30-65(42)41-10-6-8-35-45(41)49(70)67(48(35)69)66-22-13-43(68)62-51(66)71/h4-10,13,22-24,26-29,32,42,55-56H,11-12,14-21,25,30H2,1-3H3,(H,62,68,71)(H2,58,60,61,63). The van der Waals surface area contributed by atoms with Gasteiger partial charge in [0.05, 0.1) is 56.7 Å². The van der Waals surface area contributed by atoms with Crippen molar-refractivity contribution in [3.63, 3.8) is 0 Å². The summed E-state index contributed by atoms with van der Waals surface area (Å²) in [5.41, 5.74) is 4.01. The van der Waals surface area contributed by atoms with E-state index >= 15 is 0 Å². The Morgan fingerprint density at radius 1 is 0.851 bits per heavy atom. The molecule has 2 amide bonds. The number of aryl methyl sites for hydroxylation is 1. The maximum absolute atomic E-state index is 14.6. The number of benzene rings is 3. The van der Waals surface area contributed by atoms with Gasteiger partial charge in [-0.15, -0.1) is 0 Å². The van der Waals surface area contributed by atoms with Crippen LogP contribution in [0.5, 0.6) is 5.75 Å². The summed E-state index contributed by atoms with van der Waals surface area (Å²) in [7, 11) is -0.918. The summed E-state index contributed by atoms with van der Waals surface area (Å²) < 4.78 is 23.9. The highest BCUT2D eigenvalue weighted by Gasteiger charge is 2.57. The van der Waals surface area contributed by atoms with Gasteiger partial charge in [0.2, 0.25) is 5.95 Å². The summed E-state index contributed by atoms with van der Waals surface area (Å²) in [6.45, 7) is 7.42. The first-order chi connectivity index (χ1) is 35.7. The smallest absolute Gasteiger partial charge is 0.347 e.